The Morgan fingerprint density at radius 3 is 2.03 bits per heavy atom. The van der Waals surface area contributed by atoms with Gasteiger partial charge in [0.05, 0.1) is 19.8 Å². The Balaban J connectivity index is 2.10. The van der Waals surface area contributed by atoms with Crippen molar-refractivity contribution in [3.8, 4) is 11.6 Å². The van der Waals surface area contributed by atoms with E-state index in [0.717, 1.165) is 5.56 Å². The van der Waals surface area contributed by atoms with Crippen molar-refractivity contribution in [3.63, 3.8) is 0 Å². The molecule has 0 unspecified atom stereocenters. The van der Waals surface area contributed by atoms with E-state index in [4.69, 9.17) is 23.7 Å². The van der Waals surface area contributed by atoms with Gasteiger partial charge in [0.15, 0.2) is 19.0 Å². The zero-order valence-electron chi connectivity index (χ0n) is 18.7. The van der Waals surface area contributed by atoms with Crippen LogP contribution in [0.25, 0.3) is 12.2 Å². The van der Waals surface area contributed by atoms with E-state index < -0.39 is 24.5 Å². The average molecular weight is 458 g/mol. The third-order valence-corrected chi connectivity index (χ3v) is 3.87. The van der Waals surface area contributed by atoms with Gasteiger partial charge in [-0.05, 0) is 44.5 Å². The number of benzene rings is 1. The van der Waals surface area contributed by atoms with Crippen molar-refractivity contribution in [2.24, 2.45) is 0 Å². The quantitative estimate of drug-likeness (QED) is 0.346. The van der Waals surface area contributed by atoms with Crippen LogP contribution in [-0.2, 0) is 23.8 Å². The second kappa shape index (κ2) is 13.5. The van der Waals surface area contributed by atoms with Crippen LogP contribution < -0.4 is 9.47 Å². The summed E-state index contributed by atoms with van der Waals surface area (Å²) in [4.78, 5) is 43.4. The van der Waals surface area contributed by atoms with E-state index in [1.165, 1.54) is 6.20 Å². The minimum absolute atomic E-state index is 0.00130. The molecule has 0 fully saturated rings. The standard InChI is InChI=1S/C23H26N2O8/c1-4-29-20(26)14-32-17-10-7-16(8-11-17)9-12-19-24-13-18(23(28)31-6-3)22(25-19)33-15-21(27)30-5-2/h7-13H,4-6,14-15H2,1-3H3/b12-9+. The van der Waals surface area contributed by atoms with Crippen molar-refractivity contribution in [2.75, 3.05) is 33.0 Å². The Hall–Kier alpha value is -3.95. The molecular formula is C23H26N2O8. The van der Waals surface area contributed by atoms with E-state index in [0.29, 0.717) is 12.4 Å². The first kappa shape index (κ1) is 25.3. The highest BCUT2D eigenvalue weighted by atomic mass is 16.6. The van der Waals surface area contributed by atoms with Crippen LogP contribution in [0.15, 0.2) is 30.5 Å². The summed E-state index contributed by atoms with van der Waals surface area (Å²) in [5, 5.41) is 0. The largest absolute Gasteiger partial charge is 0.482 e. The molecular weight excluding hydrogens is 432 g/mol. The van der Waals surface area contributed by atoms with Gasteiger partial charge in [-0.3, -0.25) is 0 Å². The van der Waals surface area contributed by atoms with E-state index >= 15 is 0 Å². The molecule has 2 rings (SSSR count). The Morgan fingerprint density at radius 2 is 1.42 bits per heavy atom. The molecule has 1 heterocycles. The molecule has 0 aliphatic heterocycles. The van der Waals surface area contributed by atoms with E-state index in [1.807, 2.05) is 0 Å². The Labute approximate surface area is 191 Å². The molecule has 2 aromatic rings. The zero-order valence-corrected chi connectivity index (χ0v) is 18.7. The smallest absolute Gasteiger partial charge is 0.345 e. The summed E-state index contributed by atoms with van der Waals surface area (Å²) in [6.07, 6.45) is 4.63. The number of carbonyl (C=O) groups is 3. The fourth-order valence-corrected chi connectivity index (χ4v) is 2.44. The summed E-state index contributed by atoms with van der Waals surface area (Å²) in [5.74, 6) is -1.00. The molecule has 10 nitrogen and oxygen atoms in total. The fraction of sp³-hybridized carbons (Fsp3) is 0.348. The summed E-state index contributed by atoms with van der Waals surface area (Å²) in [7, 11) is 0. The highest BCUT2D eigenvalue weighted by Crippen LogP contribution is 2.18. The van der Waals surface area contributed by atoms with E-state index in [2.05, 4.69) is 9.97 Å². The maximum atomic E-state index is 12.1. The van der Waals surface area contributed by atoms with Crippen molar-refractivity contribution in [3.05, 3.63) is 47.4 Å². The normalized spacial score (nSPS) is 10.5. The fourth-order valence-electron chi connectivity index (χ4n) is 2.44. The summed E-state index contributed by atoms with van der Waals surface area (Å²) >= 11 is 0. The van der Waals surface area contributed by atoms with Gasteiger partial charge in [-0.1, -0.05) is 18.2 Å². The van der Waals surface area contributed by atoms with Gasteiger partial charge in [0.1, 0.15) is 11.3 Å². The molecule has 0 amide bonds. The van der Waals surface area contributed by atoms with Crippen LogP contribution in [-0.4, -0.2) is 60.9 Å². The lowest BCUT2D eigenvalue weighted by Crippen LogP contribution is -2.18. The van der Waals surface area contributed by atoms with E-state index in [-0.39, 0.29) is 37.1 Å². The van der Waals surface area contributed by atoms with Gasteiger partial charge in [-0.2, -0.15) is 4.98 Å². The van der Waals surface area contributed by atoms with Gasteiger partial charge >= 0.3 is 17.9 Å². The maximum absolute atomic E-state index is 12.1. The van der Waals surface area contributed by atoms with Crippen LogP contribution in [0.3, 0.4) is 0 Å². The lowest BCUT2D eigenvalue weighted by Gasteiger charge is -2.09. The van der Waals surface area contributed by atoms with Gasteiger partial charge < -0.3 is 23.7 Å². The maximum Gasteiger partial charge on any atom is 0.345 e. The molecule has 10 heteroatoms. The van der Waals surface area contributed by atoms with Gasteiger partial charge in [0.25, 0.3) is 0 Å². The van der Waals surface area contributed by atoms with Gasteiger partial charge in [0.2, 0.25) is 5.88 Å². The Bertz CT molecular complexity index is 973. The topological polar surface area (TPSA) is 123 Å². The third kappa shape index (κ3) is 8.60. The first-order valence-corrected chi connectivity index (χ1v) is 10.4. The van der Waals surface area contributed by atoms with E-state index in [1.54, 1.807) is 57.2 Å². The van der Waals surface area contributed by atoms with Crippen LogP contribution in [0.5, 0.6) is 11.6 Å². The first-order valence-electron chi connectivity index (χ1n) is 10.4. The summed E-state index contributed by atoms with van der Waals surface area (Å²) in [6, 6.07) is 6.97. The molecule has 0 aliphatic carbocycles. The molecule has 0 atom stereocenters. The number of hydrogen-bond donors (Lipinski definition) is 0. The molecule has 0 N–H and O–H groups in total. The molecule has 0 saturated carbocycles. The molecule has 0 aliphatic rings. The lowest BCUT2D eigenvalue weighted by molar-refractivity contribution is -0.146. The number of nitrogens with zero attached hydrogens (tertiary/aromatic N) is 2. The number of ether oxygens (including phenoxy) is 5. The Morgan fingerprint density at radius 1 is 0.818 bits per heavy atom. The minimum Gasteiger partial charge on any atom is -0.482 e. The zero-order chi connectivity index (χ0) is 24.1. The lowest BCUT2D eigenvalue weighted by atomic mass is 10.2. The molecule has 0 saturated heterocycles. The number of hydrogen-bond acceptors (Lipinski definition) is 10. The minimum atomic E-state index is -0.662. The number of carbonyl (C=O) groups excluding carboxylic acids is 3. The molecule has 0 spiro atoms. The number of esters is 3. The van der Waals surface area contributed by atoms with Crippen molar-refractivity contribution in [2.45, 2.75) is 20.8 Å². The monoisotopic (exact) mass is 458 g/mol. The number of aromatic nitrogens is 2. The molecule has 0 bridgehead atoms. The highest BCUT2D eigenvalue weighted by molar-refractivity contribution is 5.91. The van der Waals surface area contributed by atoms with Crippen LogP contribution in [0.1, 0.15) is 42.5 Å². The molecule has 176 valence electrons. The predicted molar refractivity (Wildman–Crippen MR) is 118 cm³/mol. The van der Waals surface area contributed by atoms with Crippen molar-refractivity contribution >= 4 is 30.1 Å². The van der Waals surface area contributed by atoms with E-state index in [9.17, 15) is 14.4 Å². The second-order valence-corrected chi connectivity index (χ2v) is 6.26. The van der Waals surface area contributed by atoms with Gasteiger partial charge in [-0.15, -0.1) is 0 Å². The van der Waals surface area contributed by atoms with Crippen LogP contribution >= 0.6 is 0 Å². The molecule has 0 radical (unpaired) electrons. The first-order chi connectivity index (χ1) is 16.0. The van der Waals surface area contributed by atoms with Crippen LogP contribution in [0.4, 0.5) is 0 Å². The molecule has 1 aromatic heterocycles. The third-order valence-electron chi connectivity index (χ3n) is 3.87. The predicted octanol–water partition coefficient (Wildman–Crippen LogP) is 2.71. The van der Waals surface area contributed by atoms with Crippen molar-refractivity contribution < 1.29 is 38.1 Å². The Kier molecular flexibility index (Phi) is 10.3. The second-order valence-electron chi connectivity index (χ2n) is 6.26. The average Bonchev–Trinajstić information content (AvgIpc) is 2.81. The van der Waals surface area contributed by atoms with Crippen LogP contribution in [0, 0.1) is 0 Å². The summed E-state index contributed by atoms with van der Waals surface area (Å²) in [5.41, 5.74) is 0.812. The van der Waals surface area contributed by atoms with Crippen LogP contribution in [0.2, 0.25) is 0 Å². The summed E-state index contributed by atoms with van der Waals surface area (Å²) in [6.45, 7) is 5.16. The van der Waals surface area contributed by atoms with Crippen molar-refractivity contribution in [1.29, 1.82) is 0 Å². The molecule has 33 heavy (non-hydrogen) atoms. The highest BCUT2D eigenvalue weighted by Gasteiger charge is 2.18. The summed E-state index contributed by atoms with van der Waals surface area (Å²) < 4.78 is 25.3. The van der Waals surface area contributed by atoms with Gasteiger partial charge in [-0.25, -0.2) is 19.4 Å². The van der Waals surface area contributed by atoms with Gasteiger partial charge in [0, 0.05) is 6.20 Å². The van der Waals surface area contributed by atoms with Crippen molar-refractivity contribution in [1.82, 2.24) is 9.97 Å². The number of rotatable bonds is 12. The SMILES string of the molecule is CCOC(=O)COc1ccc(/C=C/c2ncc(C(=O)OCC)c(OCC(=O)OCC)n2)cc1. The molecule has 1 aromatic carbocycles.